The van der Waals surface area contributed by atoms with Gasteiger partial charge >= 0.3 is 0 Å². The summed E-state index contributed by atoms with van der Waals surface area (Å²) in [5.74, 6) is 0. The molecule has 12 rings (SSSR count). The Balaban J connectivity index is 1.11. The molecule has 0 spiro atoms. The zero-order valence-corrected chi connectivity index (χ0v) is 29.8. The fraction of sp³-hybridized carbons (Fsp3) is 0. The molecular weight excluding hydrogens is 669 g/mol. The van der Waals surface area contributed by atoms with Crippen LogP contribution in [0.5, 0.6) is 0 Å². The van der Waals surface area contributed by atoms with Crippen LogP contribution in [0, 0.1) is 0 Å². The van der Waals surface area contributed by atoms with E-state index in [0.29, 0.717) is 0 Å². The smallest absolute Gasteiger partial charge is 0.159 e. The van der Waals surface area contributed by atoms with Gasteiger partial charge in [-0.3, -0.25) is 0 Å². The number of hydrogen-bond acceptors (Lipinski definition) is 1. The first-order valence-corrected chi connectivity index (χ1v) is 18.8. The first-order chi connectivity index (χ1) is 27.3. The van der Waals surface area contributed by atoms with Gasteiger partial charge in [-0.1, -0.05) is 121 Å². The number of benzene rings is 9. The number of aromatic nitrogens is 2. The Labute approximate surface area is 316 Å². The van der Waals surface area contributed by atoms with E-state index in [0.717, 1.165) is 44.3 Å². The van der Waals surface area contributed by atoms with Crippen molar-refractivity contribution in [2.45, 2.75) is 0 Å². The molecule has 3 heteroatoms. The van der Waals surface area contributed by atoms with Gasteiger partial charge in [-0.2, -0.15) is 0 Å². The Bertz CT molecular complexity index is 3470. The Kier molecular flexibility index (Phi) is 6.34. The zero-order valence-electron chi connectivity index (χ0n) is 29.8. The van der Waals surface area contributed by atoms with E-state index in [9.17, 15) is 0 Å². The summed E-state index contributed by atoms with van der Waals surface area (Å²) in [5, 5.41) is 9.61. The molecule has 3 aromatic heterocycles. The summed E-state index contributed by atoms with van der Waals surface area (Å²) in [4.78, 5) is 0. The van der Waals surface area contributed by atoms with Crippen LogP contribution in [-0.2, 0) is 0 Å². The molecule has 0 N–H and O–H groups in total. The molecule has 256 valence electrons. The Morgan fingerprint density at radius 1 is 0.309 bits per heavy atom. The van der Waals surface area contributed by atoms with Crippen LogP contribution < -0.4 is 0 Å². The molecule has 9 aromatic carbocycles. The van der Waals surface area contributed by atoms with Gasteiger partial charge in [0.25, 0.3) is 0 Å². The van der Waals surface area contributed by atoms with Gasteiger partial charge in [-0.05, 0) is 106 Å². The van der Waals surface area contributed by atoms with Gasteiger partial charge in [0, 0.05) is 38.0 Å². The molecule has 0 aliphatic carbocycles. The summed E-state index contributed by atoms with van der Waals surface area (Å²) >= 11 is 0. The normalized spacial score (nSPS) is 12.0. The molecule has 0 atom stereocenters. The van der Waals surface area contributed by atoms with Crippen LogP contribution >= 0.6 is 0 Å². The first-order valence-electron chi connectivity index (χ1n) is 18.8. The van der Waals surface area contributed by atoms with Crippen molar-refractivity contribution in [2.75, 3.05) is 0 Å². The van der Waals surface area contributed by atoms with Crippen LogP contribution in [0.2, 0.25) is 0 Å². The van der Waals surface area contributed by atoms with E-state index in [1.54, 1.807) is 0 Å². The van der Waals surface area contributed by atoms with E-state index in [4.69, 9.17) is 4.42 Å². The molecule has 3 heterocycles. The van der Waals surface area contributed by atoms with E-state index < -0.39 is 0 Å². The average Bonchev–Trinajstić information content (AvgIpc) is 3.90. The monoisotopic (exact) mass is 700 g/mol. The lowest BCUT2D eigenvalue weighted by Gasteiger charge is -2.10. The van der Waals surface area contributed by atoms with Gasteiger partial charge in [0.05, 0.1) is 27.8 Å². The minimum absolute atomic E-state index is 0.898. The maximum absolute atomic E-state index is 6.61. The summed E-state index contributed by atoms with van der Waals surface area (Å²) in [5.41, 5.74) is 13.5. The number of hydrogen-bond donors (Lipinski definition) is 0. The molecule has 0 radical (unpaired) electrons. The lowest BCUT2D eigenvalue weighted by molar-refractivity contribution is 0.666. The summed E-state index contributed by atoms with van der Waals surface area (Å²) in [6.45, 7) is 0. The van der Waals surface area contributed by atoms with Gasteiger partial charge in [-0.15, -0.1) is 0 Å². The zero-order chi connectivity index (χ0) is 36.0. The van der Waals surface area contributed by atoms with Gasteiger partial charge in [0.15, 0.2) is 5.58 Å². The standard InChI is InChI=1S/C52H32N2O/c1-3-12-33(13-4-1)36-22-25-46-42(29-36)43-30-37(23-26-47(43)53(46)39-16-5-2-6-17-39)38-24-27-48-44(31-38)45-28-34-14-7-8-15-35(34)32-50(45)54(48)49-20-11-19-41-40-18-9-10-21-51(40)55-52(41)49/h1-32H. The van der Waals surface area contributed by atoms with Crippen molar-refractivity contribution in [3.63, 3.8) is 0 Å². The van der Waals surface area contributed by atoms with E-state index in [-0.39, 0.29) is 0 Å². The van der Waals surface area contributed by atoms with Crippen LogP contribution in [0.15, 0.2) is 199 Å². The van der Waals surface area contributed by atoms with Crippen molar-refractivity contribution in [3.05, 3.63) is 194 Å². The van der Waals surface area contributed by atoms with Gasteiger partial charge in [-0.25, -0.2) is 0 Å². The number of nitrogens with zero attached hydrogens (tertiary/aromatic N) is 2. The van der Waals surface area contributed by atoms with Crippen molar-refractivity contribution in [1.82, 2.24) is 9.13 Å². The first kappa shape index (κ1) is 30.1. The minimum atomic E-state index is 0.898. The molecule has 0 aliphatic heterocycles. The second kappa shape index (κ2) is 11.6. The molecule has 0 fully saturated rings. The largest absolute Gasteiger partial charge is 0.454 e. The van der Waals surface area contributed by atoms with E-state index in [1.807, 2.05) is 6.07 Å². The second-order valence-electron chi connectivity index (χ2n) is 14.5. The SMILES string of the molecule is c1ccc(-c2ccc3c(c2)c2cc(-c4ccc5c(c4)c4cc6ccccc6cc4n5-c4cccc5c4oc4ccccc45)ccc2n3-c2ccccc2)cc1. The highest BCUT2D eigenvalue weighted by molar-refractivity contribution is 6.17. The van der Waals surface area contributed by atoms with E-state index in [2.05, 4.69) is 197 Å². The highest BCUT2D eigenvalue weighted by Crippen LogP contribution is 2.42. The van der Waals surface area contributed by atoms with Gasteiger partial charge in [0.2, 0.25) is 0 Å². The van der Waals surface area contributed by atoms with Gasteiger partial charge < -0.3 is 13.6 Å². The number of rotatable bonds is 4. The Morgan fingerprint density at radius 2 is 0.836 bits per heavy atom. The third-order valence-electron chi connectivity index (χ3n) is 11.5. The van der Waals surface area contributed by atoms with Crippen LogP contribution in [0.1, 0.15) is 0 Å². The molecule has 12 aromatic rings. The van der Waals surface area contributed by atoms with E-state index >= 15 is 0 Å². The van der Waals surface area contributed by atoms with Crippen molar-refractivity contribution >= 4 is 76.3 Å². The number of para-hydroxylation sites is 3. The summed E-state index contributed by atoms with van der Waals surface area (Å²) < 4.78 is 11.4. The minimum Gasteiger partial charge on any atom is -0.454 e. The molecular formula is C52H32N2O. The third-order valence-corrected chi connectivity index (χ3v) is 11.5. The summed E-state index contributed by atoms with van der Waals surface area (Å²) in [6.07, 6.45) is 0. The lowest BCUT2D eigenvalue weighted by Crippen LogP contribution is -1.94. The van der Waals surface area contributed by atoms with E-state index in [1.165, 1.54) is 65.6 Å². The maximum atomic E-state index is 6.61. The van der Waals surface area contributed by atoms with Crippen LogP contribution in [-0.4, -0.2) is 9.13 Å². The fourth-order valence-corrected chi connectivity index (χ4v) is 8.92. The molecule has 55 heavy (non-hydrogen) atoms. The number of furan rings is 1. The predicted molar refractivity (Wildman–Crippen MR) is 231 cm³/mol. The average molecular weight is 701 g/mol. The topological polar surface area (TPSA) is 23.0 Å². The van der Waals surface area contributed by atoms with Crippen LogP contribution in [0.4, 0.5) is 0 Å². The highest BCUT2D eigenvalue weighted by Gasteiger charge is 2.20. The van der Waals surface area contributed by atoms with Crippen molar-refractivity contribution in [2.24, 2.45) is 0 Å². The third kappa shape index (κ3) is 4.50. The maximum Gasteiger partial charge on any atom is 0.159 e. The molecule has 0 unspecified atom stereocenters. The summed E-state index contributed by atoms with van der Waals surface area (Å²) in [6, 6.07) is 70.3. The lowest BCUT2D eigenvalue weighted by atomic mass is 9.99. The van der Waals surface area contributed by atoms with Crippen molar-refractivity contribution in [1.29, 1.82) is 0 Å². The quantitative estimate of drug-likeness (QED) is 0.179. The molecule has 0 amide bonds. The molecule has 0 saturated heterocycles. The molecule has 0 bridgehead atoms. The van der Waals surface area contributed by atoms with Crippen molar-refractivity contribution < 1.29 is 4.42 Å². The van der Waals surface area contributed by atoms with Crippen molar-refractivity contribution in [3.8, 4) is 33.6 Å². The Morgan fingerprint density at radius 3 is 1.53 bits per heavy atom. The van der Waals surface area contributed by atoms with Gasteiger partial charge in [0.1, 0.15) is 5.58 Å². The fourth-order valence-electron chi connectivity index (χ4n) is 8.92. The molecule has 3 nitrogen and oxygen atoms in total. The predicted octanol–water partition coefficient (Wildman–Crippen LogP) is 14.3. The van der Waals surface area contributed by atoms with Crippen LogP contribution in [0.25, 0.3) is 110 Å². The molecule has 0 saturated carbocycles. The molecule has 0 aliphatic rings. The second-order valence-corrected chi connectivity index (χ2v) is 14.5. The van der Waals surface area contributed by atoms with Crippen LogP contribution in [0.3, 0.4) is 0 Å². The number of fused-ring (bicyclic) bond motifs is 10. The highest BCUT2D eigenvalue weighted by atomic mass is 16.3. The Hall–Kier alpha value is -7.36. The summed E-state index contributed by atoms with van der Waals surface area (Å²) in [7, 11) is 0.